The van der Waals surface area contributed by atoms with Gasteiger partial charge in [-0.1, -0.05) is 42.5 Å². The molecular formula is C24H23N3OS. The van der Waals surface area contributed by atoms with E-state index in [9.17, 15) is 0 Å². The van der Waals surface area contributed by atoms with Crippen LogP contribution in [-0.2, 0) is 18.7 Å². The van der Waals surface area contributed by atoms with Crippen molar-refractivity contribution in [3.63, 3.8) is 0 Å². The maximum atomic E-state index is 5.55. The lowest BCUT2D eigenvalue weighted by atomic mass is 10.1. The minimum absolute atomic E-state index is 0.637. The molecule has 0 amide bonds. The third-order valence-corrected chi connectivity index (χ3v) is 5.58. The van der Waals surface area contributed by atoms with Crippen molar-refractivity contribution in [2.24, 2.45) is 0 Å². The van der Waals surface area contributed by atoms with Gasteiger partial charge in [-0.3, -0.25) is 0 Å². The van der Waals surface area contributed by atoms with Gasteiger partial charge in [-0.15, -0.1) is 11.8 Å². The molecule has 146 valence electrons. The number of hydrogen-bond donors (Lipinski definition) is 0. The second-order valence-electron chi connectivity index (χ2n) is 6.76. The summed E-state index contributed by atoms with van der Waals surface area (Å²) in [7, 11) is 0. The monoisotopic (exact) mass is 401 g/mol. The molecule has 0 radical (unpaired) electrons. The number of aryl methyl sites for hydroxylation is 2. The molecule has 0 unspecified atom stereocenters. The molecule has 2 aromatic heterocycles. The lowest BCUT2D eigenvalue weighted by Gasteiger charge is -2.04. The third-order valence-electron chi connectivity index (χ3n) is 4.54. The first-order valence-electron chi connectivity index (χ1n) is 9.70. The van der Waals surface area contributed by atoms with E-state index in [0.717, 1.165) is 36.4 Å². The minimum atomic E-state index is 0.637. The van der Waals surface area contributed by atoms with Crippen molar-refractivity contribution in [2.45, 2.75) is 30.0 Å². The van der Waals surface area contributed by atoms with Crippen molar-refractivity contribution in [1.29, 1.82) is 0 Å². The summed E-state index contributed by atoms with van der Waals surface area (Å²) in [5.74, 6) is 1.43. The summed E-state index contributed by atoms with van der Waals surface area (Å²) in [6.07, 6.45) is 13.5. The molecule has 0 N–H and O–H groups in total. The Bertz CT molecular complexity index is 1020. The standard InChI is InChI=1S/C24H23N3OS/c1-2-5-20(6-3-1)10-13-24-26-22(17-28-24)18-29-23-11-8-21(9-12-23)7-4-15-27-16-14-25-19-27/h1-3,5-6,8-14,16-17,19H,4,7,15,18H2/b13-10+. The maximum Gasteiger partial charge on any atom is 0.218 e. The average Bonchev–Trinajstić information content (AvgIpc) is 3.45. The molecule has 0 saturated heterocycles. The Balaban J connectivity index is 1.24. The molecule has 0 fully saturated rings. The van der Waals surface area contributed by atoms with Gasteiger partial charge < -0.3 is 8.98 Å². The van der Waals surface area contributed by atoms with Crippen molar-refractivity contribution in [2.75, 3.05) is 0 Å². The van der Waals surface area contributed by atoms with Crippen LogP contribution in [0.25, 0.3) is 12.2 Å². The van der Waals surface area contributed by atoms with Gasteiger partial charge in [-0.25, -0.2) is 9.97 Å². The average molecular weight is 402 g/mol. The predicted molar refractivity (Wildman–Crippen MR) is 118 cm³/mol. The Morgan fingerprint density at radius 1 is 1.00 bits per heavy atom. The largest absolute Gasteiger partial charge is 0.445 e. The lowest BCUT2D eigenvalue weighted by Crippen LogP contribution is -1.96. The highest BCUT2D eigenvalue weighted by Gasteiger charge is 2.03. The van der Waals surface area contributed by atoms with Crippen molar-refractivity contribution in [3.05, 3.63) is 102 Å². The van der Waals surface area contributed by atoms with Crippen molar-refractivity contribution >= 4 is 23.9 Å². The van der Waals surface area contributed by atoms with Crippen LogP contribution in [0.1, 0.15) is 29.1 Å². The summed E-state index contributed by atoms with van der Waals surface area (Å²) in [6, 6.07) is 19.0. The van der Waals surface area contributed by atoms with E-state index in [1.165, 1.54) is 10.5 Å². The summed E-state index contributed by atoms with van der Waals surface area (Å²) in [5, 5.41) is 0. The minimum Gasteiger partial charge on any atom is -0.445 e. The van der Waals surface area contributed by atoms with Crippen molar-refractivity contribution < 1.29 is 4.42 Å². The topological polar surface area (TPSA) is 43.9 Å². The fourth-order valence-corrected chi connectivity index (χ4v) is 3.77. The number of aromatic nitrogens is 3. The molecule has 2 aromatic carbocycles. The van der Waals surface area contributed by atoms with Crippen LogP contribution in [0.4, 0.5) is 0 Å². The molecule has 0 atom stereocenters. The fraction of sp³-hybridized carbons (Fsp3) is 0.167. The fourth-order valence-electron chi connectivity index (χ4n) is 2.99. The molecule has 0 aliphatic carbocycles. The zero-order chi connectivity index (χ0) is 19.7. The quantitative estimate of drug-likeness (QED) is 0.324. The predicted octanol–water partition coefficient (Wildman–Crippen LogP) is 5.97. The number of hydrogen-bond acceptors (Lipinski definition) is 4. The normalized spacial score (nSPS) is 11.3. The summed E-state index contributed by atoms with van der Waals surface area (Å²) in [4.78, 5) is 9.86. The van der Waals surface area contributed by atoms with E-state index in [-0.39, 0.29) is 0 Å². The summed E-state index contributed by atoms with van der Waals surface area (Å²) >= 11 is 1.77. The van der Waals surface area contributed by atoms with Gasteiger partial charge in [0, 0.05) is 35.7 Å². The molecule has 0 spiro atoms. The van der Waals surface area contributed by atoms with Gasteiger partial charge in [-0.05, 0) is 42.2 Å². The van der Waals surface area contributed by atoms with Gasteiger partial charge in [0.25, 0.3) is 0 Å². The molecule has 5 heteroatoms. The first kappa shape index (κ1) is 19.3. The van der Waals surface area contributed by atoms with Gasteiger partial charge >= 0.3 is 0 Å². The van der Waals surface area contributed by atoms with Gasteiger partial charge in [-0.2, -0.15) is 0 Å². The van der Waals surface area contributed by atoms with Gasteiger partial charge in [0.15, 0.2) is 0 Å². The van der Waals surface area contributed by atoms with E-state index in [2.05, 4.69) is 50.9 Å². The van der Waals surface area contributed by atoms with Gasteiger partial charge in [0.1, 0.15) is 6.26 Å². The second kappa shape index (κ2) is 9.94. The third kappa shape index (κ3) is 5.96. The number of oxazole rings is 1. The molecule has 0 bridgehead atoms. The number of benzene rings is 2. The smallest absolute Gasteiger partial charge is 0.218 e. The van der Waals surface area contributed by atoms with Gasteiger partial charge in [0.05, 0.1) is 12.0 Å². The number of thioether (sulfide) groups is 1. The Labute approximate surface area is 175 Å². The number of rotatable bonds is 9. The molecule has 4 aromatic rings. The summed E-state index contributed by atoms with van der Waals surface area (Å²) in [6.45, 7) is 1.00. The molecule has 0 saturated carbocycles. The Hall–Kier alpha value is -3.05. The van der Waals surface area contributed by atoms with E-state index in [0.29, 0.717) is 5.89 Å². The molecule has 0 aliphatic rings. The summed E-state index contributed by atoms with van der Waals surface area (Å²) < 4.78 is 7.67. The Kier molecular flexibility index (Phi) is 6.60. The first-order chi connectivity index (χ1) is 14.3. The van der Waals surface area contributed by atoms with E-state index >= 15 is 0 Å². The highest BCUT2D eigenvalue weighted by atomic mass is 32.2. The Morgan fingerprint density at radius 3 is 2.66 bits per heavy atom. The Morgan fingerprint density at radius 2 is 1.86 bits per heavy atom. The molecule has 0 aliphatic heterocycles. The van der Waals surface area contributed by atoms with Crippen LogP contribution in [0.5, 0.6) is 0 Å². The van der Waals surface area contributed by atoms with Crippen LogP contribution in [0.2, 0.25) is 0 Å². The number of nitrogens with zero attached hydrogens (tertiary/aromatic N) is 3. The van der Waals surface area contributed by atoms with Crippen molar-refractivity contribution in [3.8, 4) is 0 Å². The van der Waals surface area contributed by atoms with Crippen molar-refractivity contribution in [1.82, 2.24) is 14.5 Å². The van der Waals surface area contributed by atoms with Crippen LogP contribution in [0, 0.1) is 0 Å². The first-order valence-corrected chi connectivity index (χ1v) is 10.7. The van der Waals surface area contributed by atoms with Crippen LogP contribution in [0.15, 0.2) is 88.9 Å². The highest BCUT2D eigenvalue weighted by Crippen LogP contribution is 2.23. The van der Waals surface area contributed by atoms with Gasteiger partial charge in [0.2, 0.25) is 5.89 Å². The second-order valence-corrected chi connectivity index (χ2v) is 7.81. The van der Waals surface area contributed by atoms with E-state index in [1.807, 2.05) is 49.1 Å². The van der Waals surface area contributed by atoms with E-state index in [1.54, 1.807) is 18.0 Å². The zero-order valence-electron chi connectivity index (χ0n) is 16.1. The maximum absolute atomic E-state index is 5.55. The highest BCUT2D eigenvalue weighted by molar-refractivity contribution is 7.98. The molecule has 29 heavy (non-hydrogen) atoms. The van der Waals surface area contributed by atoms with Crippen LogP contribution in [-0.4, -0.2) is 14.5 Å². The van der Waals surface area contributed by atoms with Crippen LogP contribution in [0.3, 0.4) is 0 Å². The molecule has 2 heterocycles. The molecular weight excluding hydrogens is 378 g/mol. The summed E-state index contributed by atoms with van der Waals surface area (Å²) in [5.41, 5.74) is 3.45. The molecule has 4 rings (SSSR count). The SMILES string of the molecule is C(=C\c1nc(CSc2ccc(CCCn3ccnc3)cc2)co1)/c1ccccc1. The van der Waals surface area contributed by atoms with Crippen LogP contribution < -0.4 is 0 Å². The number of imidazole rings is 1. The van der Waals surface area contributed by atoms with E-state index < -0.39 is 0 Å². The van der Waals surface area contributed by atoms with Crippen LogP contribution >= 0.6 is 11.8 Å². The van der Waals surface area contributed by atoms with E-state index in [4.69, 9.17) is 4.42 Å². The molecule has 4 nitrogen and oxygen atoms in total. The zero-order valence-corrected chi connectivity index (χ0v) is 17.0. The lowest BCUT2D eigenvalue weighted by molar-refractivity contribution is 0.546.